The number of carbonyl (C=O) groups is 1. The van der Waals surface area contributed by atoms with Crippen molar-refractivity contribution in [3.8, 4) is 0 Å². The van der Waals surface area contributed by atoms with E-state index in [-0.39, 0.29) is 24.4 Å². The molecule has 1 aromatic rings. The van der Waals surface area contributed by atoms with Gasteiger partial charge in [0.15, 0.2) is 0 Å². The Morgan fingerprint density at radius 1 is 1.67 bits per heavy atom. The molecule has 2 N–H and O–H groups in total. The van der Waals surface area contributed by atoms with Gasteiger partial charge >= 0.3 is 0 Å². The Morgan fingerprint density at radius 3 is 3.07 bits per heavy atom. The molecule has 0 saturated carbocycles. The van der Waals surface area contributed by atoms with Crippen LogP contribution in [0.25, 0.3) is 0 Å². The maximum Gasteiger partial charge on any atom is 0.239 e. The fraction of sp³-hybridized carbons (Fsp3) is 0.500. The molecule has 0 unspecified atom stereocenters. The standard InChI is InChI=1S/C10H14N2OS.ClH/c1-7(11)10(13)12-4-2-8-3-5-14-9(8)6-12;/h3,5,7H,2,4,6,11H2,1H3;1H/t7-;/m1./s1. The zero-order chi connectivity index (χ0) is 10.1. The van der Waals surface area contributed by atoms with Crippen LogP contribution in [0.2, 0.25) is 0 Å². The molecule has 2 rings (SSSR count). The van der Waals surface area contributed by atoms with E-state index in [2.05, 4.69) is 11.4 Å². The highest BCUT2D eigenvalue weighted by Crippen LogP contribution is 2.24. The van der Waals surface area contributed by atoms with Crippen LogP contribution < -0.4 is 5.73 Å². The maximum absolute atomic E-state index is 11.6. The molecule has 2 heterocycles. The van der Waals surface area contributed by atoms with E-state index in [0.29, 0.717) is 0 Å². The summed E-state index contributed by atoms with van der Waals surface area (Å²) in [6.07, 6.45) is 0.970. The Balaban J connectivity index is 0.00000112. The molecule has 0 bridgehead atoms. The molecule has 1 aromatic heterocycles. The summed E-state index contributed by atoms with van der Waals surface area (Å²) in [6.45, 7) is 3.30. The zero-order valence-electron chi connectivity index (χ0n) is 8.60. The van der Waals surface area contributed by atoms with Gasteiger partial charge < -0.3 is 10.6 Å². The molecule has 0 radical (unpaired) electrons. The average Bonchev–Trinajstić information content (AvgIpc) is 2.62. The van der Waals surface area contributed by atoms with E-state index in [1.54, 1.807) is 18.3 Å². The van der Waals surface area contributed by atoms with Crippen LogP contribution in [0.15, 0.2) is 11.4 Å². The van der Waals surface area contributed by atoms with E-state index in [1.807, 2.05) is 4.90 Å². The lowest BCUT2D eigenvalue weighted by molar-refractivity contribution is -0.133. The van der Waals surface area contributed by atoms with Crippen LogP contribution in [0.3, 0.4) is 0 Å². The average molecular weight is 247 g/mol. The zero-order valence-corrected chi connectivity index (χ0v) is 10.2. The van der Waals surface area contributed by atoms with Crippen molar-refractivity contribution < 1.29 is 4.79 Å². The summed E-state index contributed by atoms with van der Waals surface area (Å²) in [4.78, 5) is 14.8. The van der Waals surface area contributed by atoms with Crippen LogP contribution in [0, 0.1) is 0 Å². The largest absolute Gasteiger partial charge is 0.336 e. The molecule has 0 fully saturated rings. The van der Waals surface area contributed by atoms with Gasteiger partial charge in [-0.25, -0.2) is 0 Å². The highest BCUT2D eigenvalue weighted by molar-refractivity contribution is 7.10. The molecular weight excluding hydrogens is 232 g/mol. The highest BCUT2D eigenvalue weighted by Gasteiger charge is 2.23. The summed E-state index contributed by atoms with van der Waals surface area (Å²) in [5.41, 5.74) is 6.97. The summed E-state index contributed by atoms with van der Waals surface area (Å²) in [6, 6.07) is 1.77. The molecular formula is C10H15ClN2OS. The molecule has 1 amide bonds. The molecule has 0 saturated heterocycles. The predicted octanol–water partition coefficient (Wildman–Crippen LogP) is 1.40. The molecule has 84 valence electrons. The van der Waals surface area contributed by atoms with Crippen LogP contribution >= 0.6 is 23.7 Å². The monoisotopic (exact) mass is 246 g/mol. The van der Waals surface area contributed by atoms with Gasteiger partial charge in [-0.15, -0.1) is 23.7 Å². The lowest BCUT2D eigenvalue weighted by Crippen LogP contribution is -2.44. The van der Waals surface area contributed by atoms with E-state index >= 15 is 0 Å². The number of nitrogens with zero attached hydrogens (tertiary/aromatic N) is 1. The van der Waals surface area contributed by atoms with Gasteiger partial charge in [-0.2, -0.15) is 0 Å². The van der Waals surface area contributed by atoms with Crippen molar-refractivity contribution in [1.82, 2.24) is 4.90 Å². The number of nitrogens with two attached hydrogens (primary N) is 1. The third-order valence-corrected chi connectivity index (χ3v) is 3.47. The quantitative estimate of drug-likeness (QED) is 0.814. The van der Waals surface area contributed by atoms with E-state index in [9.17, 15) is 4.79 Å². The number of hydrogen-bond acceptors (Lipinski definition) is 3. The van der Waals surface area contributed by atoms with Crippen molar-refractivity contribution in [3.05, 3.63) is 21.9 Å². The number of rotatable bonds is 1. The minimum Gasteiger partial charge on any atom is -0.336 e. The number of halogens is 1. The SMILES string of the molecule is C[C@@H](N)C(=O)N1CCc2ccsc2C1.Cl. The van der Waals surface area contributed by atoms with E-state index in [4.69, 9.17) is 5.73 Å². The van der Waals surface area contributed by atoms with Crippen LogP contribution in [0.5, 0.6) is 0 Å². The maximum atomic E-state index is 11.6. The van der Waals surface area contributed by atoms with Crippen LogP contribution in [-0.4, -0.2) is 23.4 Å². The van der Waals surface area contributed by atoms with Gasteiger partial charge in [0.05, 0.1) is 12.6 Å². The summed E-state index contributed by atoms with van der Waals surface area (Å²) < 4.78 is 0. The molecule has 1 atom stereocenters. The third kappa shape index (κ3) is 2.51. The lowest BCUT2D eigenvalue weighted by Gasteiger charge is -2.28. The summed E-state index contributed by atoms with van der Waals surface area (Å²) >= 11 is 1.72. The second kappa shape index (κ2) is 4.96. The highest BCUT2D eigenvalue weighted by atomic mass is 35.5. The lowest BCUT2D eigenvalue weighted by atomic mass is 10.1. The van der Waals surface area contributed by atoms with Crippen molar-refractivity contribution in [2.45, 2.75) is 25.9 Å². The first-order valence-corrected chi connectivity index (χ1v) is 5.66. The molecule has 1 aliphatic rings. The van der Waals surface area contributed by atoms with Crippen molar-refractivity contribution in [2.75, 3.05) is 6.54 Å². The Kier molecular flexibility index (Phi) is 4.13. The van der Waals surface area contributed by atoms with E-state index < -0.39 is 0 Å². The first-order chi connectivity index (χ1) is 6.68. The number of thiophene rings is 1. The smallest absolute Gasteiger partial charge is 0.239 e. The summed E-state index contributed by atoms with van der Waals surface area (Å²) in [5.74, 6) is 0.0593. The van der Waals surface area contributed by atoms with Crippen molar-refractivity contribution >= 4 is 29.7 Å². The molecule has 0 aliphatic carbocycles. The van der Waals surface area contributed by atoms with Crippen molar-refractivity contribution in [1.29, 1.82) is 0 Å². The Labute approximate surface area is 99.7 Å². The Hall–Kier alpha value is -0.580. The molecule has 3 nitrogen and oxygen atoms in total. The van der Waals surface area contributed by atoms with Gasteiger partial charge in [-0.05, 0) is 30.4 Å². The van der Waals surface area contributed by atoms with Gasteiger partial charge in [-0.3, -0.25) is 4.79 Å². The van der Waals surface area contributed by atoms with Crippen LogP contribution in [-0.2, 0) is 17.8 Å². The number of fused-ring (bicyclic) bond motifs is 1. The van der Waals surface area contributed by atoms with Gasteiger partial charge in [0.25, 0.3) is 0 Å². The molecule has 1 aliphatic heterocycles. The van der Waals surface area contributed by atoms with Gasteiger partial charge in [0.1, 0.15) is 0 Å². The molecule has 15 heavy (non-hydrogen) atoms. The fourth-order valence-electron chi connectivity index (χ4n) is 1.71. The Bertz CT molecular complexity index is 351. The Morgan fingerprint density at radius 2 is 2.40 bits per heavy atom. The summed E-state index contributed by atoms with van der Waals surface area (Å²) in [5, 5.41) is 2.09. The van der Waals surface area contributed by atoms with Gasteiger partial charge in [0, 0.05) is 11.4 Å². The predicted molar refractivity (Wildman–Crippen MR) is 64.3 cm³/mol. The number of amides is 1. The van der Waals surface area contributed by atoms with E-state index in [1.165, 1.54) is 10.4 Å². The molecule has 0 aromatic carbocycles. The summed E-state index contributed by atoms with van der Waals surface area (Å²) in [7, 11) is 0. The van der Waals surface area contributed by atoms with Gasteiger partial charge in [0.2, 0.25) is 5.91 Å². The van der Waals surface area contributed by atoms with Crippen molar-refractivity contribution in [3.63, 3.8) is 0 Å². The van der Waals surface area contributed by atoms with Gasteiger partial charge in [-0.1, -0.05) is 0 Å². The van der Waals surface area contributed by atoms with E-state index in [0.717, 1.165) is 19.5 Å². The normalized spacial score (nSPS) is 16.5. The minimum absolute atomic E-state index is 0. The van der Waals surface area contributed by atoms with Crippen LogP contribution in [0.1, 0.15) is 17.4 Å². The minimum atomic E-state index is -0.378. The second-order valence-electron chi connectivity index (χ2n) is 3.67. The first-order valence-electron chi connectivity index (χ1n) is 4.78. The number of carbonyl (C=O) groups excluding carboxylic acids is 1. The van der Waals surface area contributed by atoms with Crippen molar-refractivity contribution in [2.24, 2.45) is 5.73 Å². The molecule has 0 spiro atoms. The molecule has 5 heteroatoms. The topological polar surface area (TPSA) is 46.3 Å². The first kappa shape index (κ1) is 12.5. The van der Waals surface area contributed by atoms with Crippen LogP contribution in [0.4, 0.5) is 0 Å². The number of hydrogen-bond donors (Lipinski definition) is 1. The fourth-order valence-corrected chi connectivity index (χ4v) is 2.66. The third-order valence-electron chi connectivity index (χ3n) is 2.52. The second-order valence-corrected chi connectivity index (χ2v) is 4.67.